The van der Waals surface area contributed by atoms with Gasteiger partial charge in [0, 0.05) is 39.3 Å². The molecule has 0 radical (unpaired) electrons. The van der Waals surface area contributed by atoms with Crippen molar-refractivity contribution in [3.05, 3.63) is 35.9 Å². The lowest BCUT2D eigenvalue weighted by atomic mass is 9.87. The Bertz CT molecular complexity index is 612. The summed E-state index contributed by atoms with van der Waals surface area (Å²) >= 11 is 0. The van der Waals surface area contributed by atoms with E-state index >= 15 is 0 Å². The molecule has 1 aromatic carbocycles. The largest absolute Gasteiger partial charge is 0.376 e. The smallest absolute Gasteiger partial charge is 0.224 e. The fraction of sp³-hybridized carbons (Fsp3) is 0.696. The molecule has 3 fully saturated rings. The van der Waals surface area contributed by atoms with Gasteiger partial charge in [-0.05, 0) is 56.7 Å². The van der Waals surface area contributed by atoms with Crippen LogP contribution in [0.1, 0.15) is 37.7 Å². The molecule has 0 spiro atoms. The Balaban J connectivity index is 1.36. The minimum absolute atomic E-state index is 0.0893. The first-order chi connectivity index (χ1) is 13.8. The fourth-order valence-electron chi connectivity index (χ4n) is 5.09. The molecule has 154 valence electrons. The number of hydrogen-bond donors (Lipinski definition) is 1. The lowest BCUT2D eigenvalue weighted by Gasteiger charge is -2.38. The zero-order chi connectivity index (χ0) is 19.2. The summed E-state index contributed by atoms with van der Waals surface area (Å²) < 4.78 is 5.67. The molecule has 0 aliphatic carbocycles. The number of piperidine rings is 1. The highest BCUT2D eigenvalue weighted by Gasteiger charge is 2.33. The highest BCUT2D eigenvalue weighted by atomic mass is 16.5. The van der Waals surface area contributed by atoms with E-state index in [1.807, 2.05) is 0 Å². The molecule has 0 saturated carbocycles. The number of nitrogens with one attached hydrogen (secondary N) is 1. The number of carbonyl (C=O) groups is 1. The molecule has 3 aliphatic heterocycles. The van der Waals surface area contributed by atoms with Gasteiger partial charge in [-0.15, -0.1) is 0 Å². The van der Waals surface area contributed by atoms with Crippen molar-refractivity contribution in [3.8, 4) is 0 Å². The van der Waals surface area contributed by atoms with Gasteiger partial charge >= 0.3 is 0 Å². The summed E-state index contributed by atoms with van der Waals surface area (Å²) in [6.45, 7) is 8.00. The van der Waals surface area contributed by atoms with Crippen molar-refractivity contribution >= 4 is 5.91 Å². The van der Waals surface area contributed by atoms with Gasteiger partial charge in [0.05, 0.1) is 12.0 Å². The summed E-state index contributed by atoms with van der Waals surface area (Å²) in [4.78, 5) is 18.0. The molecule has 1 aromatic rings. The maximum absolute atomic E-state index is 12.9. The van der Waals surface area contributed by atoms with Gasteiger partial charge in [0.25, 0.3) is 0 Å². The van der Waals surface area contributed by atoms with Crippen LogP contribution in [0.2, 0.25) is 0 Å². The minimum Gasteiger partial charge on any atom is -0.376 e. The van der Waals surface area contributed by atoms with Crippen molar-refractivity contribution in [1.82, 2.24) is 15.1 Å². The van der Waals surface area contributed by atoms with E-state index in [0.717, 1.165) is 52.0 Å². The Hall–Kier alpha value is -1.43. The van der Waals surface area contributed by atoms with Gasteiger partial charge in [-0.25, -0.2) is 0 Å². The first kappa shape index (κ1) is 19.9. The molecule has 0 bridgehead atoms. The topological polar surface area (TPSA) is 44.8 Å². The maximum atomic E-state index is 12.9. The highest BCUT2D eigenvalue weighted by Crippen LogP contribution is 2.26. The normalized spacial score (nSPS) is 29.2. The van der Waals surface area contributed by atoms with Crippen molar-refractivity contribution in [2.45, 2.75) is 44.8 Å². The van der Waals surface area contributed by atoms with E-state index < -0.39 is 0 Å². The highest BCUT2D eigenvalue weighted by molar-refractivity contribution is 5.79. The predicted octanol–water partition coefficient (Wildman–Crippen LogP) is 2.52. The second-order valence-corrected chi connectivity index (χ2v) is 8.87. The van der Waals surface area contributed by atoms with Crippen molar-refractivity contribution in [1.29, 1.82) is 0 Å². The lowest BCUT2D eigenvalue weighted by molar-refractivity contribution is -0.128. The molecular weight excluding hydrogens is 350 g/mol. The molecule has 5 nitrogen and oxygen atoms in total. The van der Waals surface area contributed by atoms with E-state index in [0.29, 0.717) is 12.5 Å². The molecule has 0 unspecified atom stereocenters. The first-order valence-electron chi connectivity index (χ1n) is 11.1. The van der Waals surface area contributed by atoms with Crippen molar-refractivity contribution in [2.75, 3.05) is 45.9 Å². The van der Waals surface area contributed by atoms with E-state index in [-0.39, 0.29) is 17.9 Å². The second-order valence-electron chi connectivity index (χ2n) is 8.87. The van der Waals surface area contributed by atoms with Gasteiger partial charge in [-0.3, -0.25) is 9.69 Å². The van der Waals surface area contributed by atoms with Crippen molar-refractivity contribution < 1.29 is 9.53 Å². The molecule has 4 rings (SSSR count). The van der Waals surface area contributed by atoms with Crippen LogP contribution in [0.5, 0.6) is 0 Å². The van der Waals surface area contributed by atoms with Gasteiger partial charge in [-0.1, -0.05) is 30.3 Å². The molecule has 3 saturated heterocycles. The Morgan fingerprint density at radius 3 is 2.64 bits per heavy atom. The van der Waals surface area contributed by atoms with Crippen LogP contribution in [0, 0.1) is 11.8 Å². The second kappa shape index (κ2) is 9.86. The van der Waals surface area contributed by atoms with Crippen LogP contribution in [-0.4, -0.2) is 67.7 Å². The Labute approximate surface area is 169 Å². The quantitative estimate of drug-likeness (QED) is 0.783. The number of amides is 1. The average Bonchev–Trinajstić information content (AvgIpc) is 3.41. The van der Waals surface area contributed by atoms with Crippen LogP contribution in [0.25, 0.3) is 0 Å². The first-order valence-corrected chi connectivity index (χ1v) is 11.1. The lowest BCUT2D eigenvalue weighted by Crippen LogP contribution is -2.49. The third-order valence-electron chi connectivity index (χ3n) is 6.48. The Morgan fingerprint density at radius 2 is 1.89 bits per heavy atom. The van der Waals surface area contributed by atoms with Crippen LogP contribution in [-0.2, 0) is 16.1 Å². The molecule has 5 heteroatoms. The summed E-state index contributed by atoms with van der Waals surface area (Å²) in [6.07, 6.45) is 6.07. The van der Waals surface area contributed by atoms with E-state index in [2.05, 4.69) is 45.4 Å². The van der Waals surface area contributed by atoms with Crippen LogP contribution in [0.3, 0.4) is 0 Å². The number of carbonyl (C=O) groups excluding carboxylic acids is 1. The average molecular weight is 386 g/mol. The molecule has 3 heterocycles. The zero-order valence-electron chi connectivity index (χ0n) is 17.0. The summed E-state index contributed by atoms with van der Waals surface area (Å²) in [7, 11) is 0. The van der Waals surface area contributed by atoms with Gasteiger partial charge in [-0.2, -0.15) is 0 Å². The SMILES string of the molecule is O=C(NC[C@@H]1CCCO1)[C@@H]1C[C@H](CN2CCCC2)CN(Cc2ccccc2)C1. The van der Waals surface area contributed by atoms with Crippen LogP contribution in [0.4, 0.5) is 0 Å². The minimum atomic E-state index is 0.0893. The van der Waals surface area contributed by atoms with E-state index in [1.54, 1.807) is 0 Å². The molecule has 1 N–H and O–H groups in total. The summed E-state index contributed by atoms with van der Waals surface area (Å²) in [5, 5.41) is 3.19. The van der Waals surface area contributed by atoms with Crippen molar-refractivity contribution in [2.24, 2.45) is 11.8 Å². The molecule has 0 aromatic heterocycles. The van der Waals surface area contributed by atoms with Crippen LogP contribution in [0.15, 0.2) is 30.3 Å². The predicted molar refractivity (Wildman–Crippen MR) is 111 cm³/mol. The number of benzene rings is 1. The van der Waals surface area contributed by atoms with E-state index in [9.17, 15) is 4.79 Å². The number of likely N-dealkylation sites (tertiary alicyclic amines) is 2. The van der Waals surface area contributed by atoms with Gasteiger partial charge in [0.15, 0.2) is 0 Å². The molecular formula is C23H35N3O2. The number of ether oxygens (including phenoxy) is 1. The van der Waals surface area contributed by atoms with E-state index in [1.165, 1.54) is 31.5 Å². The Kier molecular flexibility index (Phi) is 7.00. The standard InChI is InChI=1S/C23H35N3O2/c27-23(24-14-22-9-6-12-28-22)21-13-20(16-25-10-4-5-11-25)17-26(18-21)15-19-7-2-1-3-8-19/h1-3,7-8,20-22H,4-6,9-18H2,(H,24,27)/t20-,21-,22+/m1/s1. The van der Waals surface area contributed by atoms with Gasteiger partial charge < -0.3 is 15.0 Å². The molecule has 28 heavy (non-hydrogen) atoms. The number of nitrogens with zero attached hydrogens (tertiary/aromatic N) is 2. The van der Waals surface area contributed by atoms with Crippen LogP contribution >= 0.6 is 0 Å². The third-order valence-corrected chi connectivity index (χ3v) is 6.48. The van der Waals surface area contributed by atoms with Gasteiger partial charge in [0.2, 0.25) is 5.91 Å². The maximum Gasteiger partial charge on any atom is 0.224 e. The van der Waals surface area contributed by atoms with Crippen LogP contribution < -0.4 is 5.32 Å². The van der Waals surface area contributed by atoms with E-state index in [4.69, 9.17) is 4.74 Å². The summed E-state index contributed by atoms with van der Waals surface area (Å²) in [5.41, 5.74) is 1.34. The number of hydrogen-bond acceptors (Lipinski definition) is 4. The molecule has 3 aliphatic rings. The fourth-order valence-corrected chi connectivity index (χ4v) is 5.09. The number of rotatable bonds is 7. The Morgan fingerprint density at radius 1 is 1.07 bits per heavy atom. The molecule has 1 amide bonds. The van der Waals surface area contributed by atoms with Crippen molar-refractivity contribution in [3.63, 3.8) is 0 Å². The molecule has 3 atom stereocenters. The van der Waals surface area contributed by atoms with Gasteiger partial charge in [0.1, 0.15) is 0 Å². The summed E-state index contributed by atoms with van der Waals surface area (Å²) in [5.74, 6) is 0.889. The monoisotopic (exact) mass is 385 g/mol. The third kappa shape index (κ3) is 5.56. The zero-order valence-corrected chi connectivity index (χ0v) is 17.0. The summed E-state index contributed by atoms with van der Waals surface area (Å²) in [6, 6.07) is 10.7.